The van der Waals surface area contributed by atoms with Crippen molar-refractivity contribution in [2.45, 2.75) is 59.0 Å². The van der Waals surface area contributed by atoms with Gasteiger partial charge in [-0.3, -0.25) is 5.32 Å². The molecule has 1 fully saturated rings. The molecule has 1 aromatic carbocycles. The van der Waals surface area contributed by atoms with Crippen molar-refractivity contribution in [3.8, 4) is 0 Å². The Hall–Kier alpha value is -2.15. The van der Waals surface area contributed by atoms with Gasteiger partial charge >= 0.3 is 6.03 Å². The summed E-state index contributed by atoms with van der Waals surface area (Å²) in [5.74, 6) is 0. The monoisotopic (exact) mass is 359 g/mol. The Bertz CT molecular complexity index is 750. The van der Waals surface area contributed by atoms with Crippen LogP contribution in [0.5, 0.6) is 0 Å². The molecule has 0 saturated carbocycles. The first-order valence-corrected chi connectivity index (χ1v) is 9.53. The minimum absolute atomic E-state index is 0.300. The zero-order chi connectivity index (χ0) is 18.0. The van der Waals surface area contributed by atoms with E-state index in [1.165, 1.54) is 36.2 Å². The summed E-state index contributed by atoms with van der Waals surface area (Å²) in [6.45, 7) is 8.51. The molecule has 1 aromatic heterocycles. The van der Waals surface area contributed by atoms with Crippen LogP contribution in [0.25, 0.3) is 0 Å². The van der Waals surface area contributed by atoms with Crippen LogP contribution < -0.4 is 15.5 Å². The normalized spacial score (nSPS) is 20.4. The van der Waals surface area contributed by atoms with E-state index in [1.54, 1.807) is 0 Å². The third-order valence-corrected chi connectivity index (χ3v) is 5.67. The molecule has 134 valence electrons. The lowest BCUT2D eigenvalue weighted by atomic mass is 9.98. The molecular formula is C18H25N5OS. The predicted octanol–water partition coefficient (Wildman–Crippen LogP) is 4.57. The van der Waals surface area contributed by atoms with Crippen LogP contribution in [-0.2, 0) is 0 Å². The summed E-state index contributed by atoms with van der Waals surface area (Å²) in [6, 6.07) is 6.45. The third kappa shape index (κ3) is 4.10. The third-order valence-electron chi connectivity index (χ3n) is 4.81. The second kappa shape index (κ2) is 7.39. The maximum atomic E-state index is 12.2. The number of aromatic nitrogens is 2. The maximum Gasteiger partial charge on any atom is 0.325 e. The number of urea groups is 1. The summed E-state index contributed by atoms with van der Waals surface area (Å²) in [4.78, 5) is 14.5. The van der Waals surface area contributed by atoms with Crippen LogP contribution in [0.4, 0.5) is 20.7 Å². The first-order chi connectivity index (χ1) is 11.9. The lowest BCUT2D eigenvalue weighted by molar-refractivity contribution is 0.262. The highest BCUT2D eigenvalue weighted by atomic mass is 32.1. The molecule has 7 heteroatoms. The fourth-order valence-corrected chi connectivity index (χ4v) is 4.19. The highest BCUT2D eigenvalue weighted by molar-refractivity contribution is 7.19. The van der Waals surface area contributed by atoms with E-state index in [4.69, 9.17) is 0 Å². The van der Waals surface area contributed by atoms with Crippen molar-refractivity contribution in [2.75, 3.05) is 15.5 Å². The van der Waals surface area contributed by atoms with E-state index in [9.17, 15) is 4.79 Å². The molecule has 3 rings (SSSR count). The minimum Gasteiger partial charge on any atom is -0.341 e. The number of carbonyl (C=O) groups is 1. The van der Waals surface area contributed by atoms with Crippen molar-refractivity contribution >= 4 is 33.3 Å². The van der Waals surface area contributed by atoms with E-state index < -0.39 is 0 Å². The lowest BCUT2D eigenvalue weighted by Gasteiger charge is -2.38. The van der Waals surface area contributed by atoms with Gasteiger partial charge in [0.25, 0.3) is 0 Å². The first kappa shape index (κ1) is 17.7. The quantitative estimate of drug-likeness (QED) is 0.842. The average Bonchev–Trinajstić information content (AvgIpc) is 2.98. The molecule has 1 saturated heterocycles. The molecule has 0 aliphatic carbocycles. The van der Waals surface area contributed by atoms with Crippen molar-refractivity contribution in [3.05, 3.63) is 29.3 Å². The van der Waals surface area contributed by atoms with Crippen LogP contribution in [0.2, 0.25) is 0 Å². The van der Waals surface area contributed by atoms with Crippen molar-refractivity contribution in [1.29, 1.82) is 0 Å². The fraction of sp³-hybridized carbons (Fsp3) is 0.500. The summed E-state index contributed by atoms with van der Waals surface area (Å²) in [5, 5.41) is 15.4. The number of piperidine rings is 1. The molecule has 6 nitrogen and oxygen atoms in total. The van der Waals surface area contributed by atoms with Crippen molar-refractivity contribution in [3.63, 3.8) is 0 Å². The number of aryl methyl sites for hydroxylation is 2. The summed E-state index contributed by atoms with van der Waals surface area (Å²) in [5.41, 5.74) is 3.11. The highest BCUT2D eigenvalue weighted by Crippen LogP contribution is 2.32. The number of anilines is 3. The van der Waals surface area contributed by atoms with Crippen LogP contribution in [0.15, 0.2) is 18.2 Å². The van der Waals surface area contributed by atoms with Gasteiger partial charge < -0.3 is 10.2 Å². The number of nitrogens with zero attached hydrogens (tertiary/aromatic N) is 3. The van der Waals surface area contributed by atoms with Crippen LogP contribution >= 0.6 is 11.3 Å². The van der Waals surface area contributed by atoms with Crippen LogP contribution in [-0.4, -0.2) is 28.3 Å². The molecule has 1 aliphatic heterocycles. The number of amides is 2. The Morgan fingerprint density at radius 3 is 2.52 bits per heavy atom. The Balaban J connectivity index is 1.64. The fourth-order valence-electron chi connectivity index (χ4n) is 3.25. The number of benzene rings is 1. The molecule has 1 aliphatic rings. The molecule has 2 aromatic rings. The molecule has 0 spiro atoms. The Labute approximate surface area is 152 Å². The van der Waals surface area contributed by atoms with Crippen LogP contribution in [0.3, 0.4) is 0 Å². The van der Waals surface area contributed by atoms with E-state index >= 15 is 0 Å². The highest BCUT2D eigenvalue weighted by Gasteiger charge is 2.27. The summed E-state index contributed by atoms with van der Waals surface area (Å²) >= 11 is 1.42. The number of carbonyl (C=O) groups excluding carboxylic acids is 1. The predicted molar refractivity (Wildman–Crippen MR) is 104 cm³/mol. The van der Waals surface area contributed by atoms with E-state index in [0.29, 0.717) is 17.2 Å². The van der Waals surface area contributed by atoms with Crippen molar-refractivity contribution in [2.24, 2.45) is 0 Å². The van der Waals surface area contributed by atoms with E-state index in [-0.39, 0.29) is 6.03 Å². The van der Waals surface area contributed by atoms with Gasteiger partial charge in [0, 0.05) is 17.8 Å². The molecule has 0 bridgehead atoms. The first-order valence-electron chi connectivity index (χ1n) is 8.71. The summed E-state index contributed by atoms with van der Waals surface area (Å²) in [6.07, 6.45) is 3.58. The number of rotatable bonds is 3. The van der Waals surface area contributed by atoms with Crippen molar-refractivity contribution < 1.29 is 4.79 Å². The molecule has 2 atom stereocenters. The smallest absolute Gasteiger partial charge is 0.325 e. The molecule has 2 heterocycles. The van der Waals surface area contributed by atoms with Gasteiger partial charge in [0.05, 0.1) is 0 Å². The van der Waals surface area contributed by atoms with Crippen molar-refractivity contribution in [1.82, 2.24) is 10.2 Å². The Kier molecular flexibility index (Phi) is 5.22. The summed E-state index contributed by atoms with van der Waals surface area (Å²) < 4.78 is 0. The second-order valence-corrected chi connectivity index (χ2v) is 7.76. The number of nitrogens with one attached hydrogen (secondary N) is 2. The van der Waals surface area contributed by atoms with Gasteiger partial charge in [-0.15, -0.1) is 10.2 Å². The molecule has 2 amide bonds. The second-order valence-electron chi connectivity index (χ2n) is 6.80. The largest absolute Gasteiger partial charge is 0.341 e. The van der Waals surface area contributed by atoms with Crippen LogP contribution in [0, 0.1) is 13.8 Å². The molecular weight excluding hydrogens is 334 g/mol. The van der Waals surface area contributed by atoms with Gasteiger partial charge in [-0.25, -0.2) is 4.79 Å². The standard InChI is InChI=1S/C18H25N5OS/c1-11-8-9-15(10-12(11)2)19-16(24)20-17-21-22-18(25-17)23-13(3)6-5-7-14(23)4/h8-10,13-14H,5-7H2,1-4H3,(H2,19,20,21,24)/t13-,14+. The van der Waals surface area contributed by atoms with E-state index in [2.05, 4.69) is 39.6 Å². The molecule has 2 N–H and O–H groups in total. The molecule has 0 unspecified atom stereocenters. The van der Waals surface area contributed by atoms with Gasteiger partial charge in [-0.05, 0) is 70.2 Å². The van der Waals surface area contributed by atoms with Crippen LogP contribution in [0.1, 0.15) is 44.2 Å². The van der Waals surface area contributed by atoms with E-state index in [0.717, 1.165) is 16.4 Å². The Morgan fingerprint density at radius 2 is 1.84 bits per heavy atom. The molecule has 0 radical (unpaired) electrons. The molecule has 25 heavy (non-hydrogen) atoms. The Morgan fingerprint density at radius 1 is 1.12 bits per heavy atom. The zero-order valence-electron chi connectivity index (χ0n) is 15.2. The zero-order valence-corrected chi connectivity index (χ0v) is 16.0. The lowest BCUT2D eigenvalue weighted by Crippen LogP contribution is -2.43. The number of hydrogen-bond acceptors (Lipinski definition) is 5. The minimum atomic E-state index is -0.300. The average molecular weight is 359 g/mol. The maximum absolute atomic E-state index is 12.2. The van der Waals surface area contributed by atoms with Gasteiger partial charge in [0.1, 0.15) is 0 Å². The van der Waals surface area contributed by atoms with E-state index in [1.807, 2.05) is 32.0 Å². The SMILES string of the molecule is Cc1ccc(NC(=O)Nc2nnc(N3[C@H](C)CCC[C@@H]3C)s2)cc1C. The van der Waals surface area contributed by atoms with Gasteiger partial charge in [-0.1, -0.05) is 17.4 Å². The van der Waals surface area contributed by atoms with Gasteiger partial charge in [0.2, 0.25) is 10.3 Å². The van der Waals surface area contributed by atoms with Gasteiger partial charge in [0.15, 0.2) is 0 Å². The van der Waals surface area contributed by atoms with Gasteiger partial charge in [-0.2, -0.15) is 0 Å². The topological polar surface area (TPSA) is 70.1 Å². The summed E-state index contributed by atoms with van der Waals surface area (Å²) in [7, 11) is 0. The number of hydrogen-bond donors (Lipinski definition) is 2.